The van der Waals surface area contributed by atoms with Crippen LogP contribution >= 0.6 is 0 Å². The third kappa shape index (κ3) is 3.36. The maximum atomic E-state index is 14.0. The van der Waals surface area contributed by atoms with Gasteiger partial charge in [0.25, 0.3) is 5.91 Å². The van der Waals surface area contributed by atoms with Gasteiger partial charge in [-0.05, 0) is 41.3 Å². The third-order valence-electron chi connectivity index (χ3n) is 6.71. The molecule has 8 nitrogen and oxygen atoms in total. The number of benzene rings is 3. The molecule has 1 fully saturated rings. The van der Waals surface area contributed by atoms with E-state index in [4.69, 9.17) is 18.9 Å². The van der Waals surface area contributed by atoms with E-state index in [-0.39, 0.29) is 31.8 Å². The first-order chi connectivity index (χ1) is 17.0. The van der Waals surface area contributed by atoms with Crippen LogP contribution in [0.4, 0.5) is 11.4 Å². The highest BCUT2D eigenvalue weighted by molar-refractivity contribution is 6.17. The molecule has 3 heterocycles. The minimum atomic E-state index is -1.23. The molecule has 178 valence electrons. The van der Waals surface area contributed by atoms with E-state index in [0.717, 1.165) is 11.1 Å². The summed E-state index contributed by atoms with van der Waals surface area (Å²) in [7, 11) is 0. The first-order valence-corrected chi connectivity index (χ1v) is 11.5. The lowest BCUT2D eigenvalue weighted by Crippen LogP contribution is -2.67. The number of anilines is 2. The molecule has 1 saturated heterocycles. The summed E-state index contributed by atoms with van der Waals surface area (Å²) in [6, 6.07) is 18.4. The average molecular weight is 472 g/mol. The quantitative estimate of drug-likeness (QED) is 0.549. The van der Waals surface area contributed by atoms with E-state index in [1.165, 1.54) is 0 Å². The molecule has 6 rings (SSSR count). The lowest BCUT2D eigenvalue weighted by molar-refractivity contribution is -0.137. The summed E-state index contributed by atoms with van der Waals surface area (Å²) in [5, 5.41) is 3.00. The molecule has 0 aromatic heterocycles. The zero-order valence-corrected chi connectivity index (χ0v) is 19.4. The number of amides is 2. The van der Waals surface area contributed by atoms with Gasteiger partial charge < -0.3 is 24.3 Å². The predicted octanol–water partition coefficient (Wildman–Crippen LogP) is 4.54. The van der Waals surface area contributed by atoms with Gasteiger partial charge in [-0.1, -0.05) is 38.1 Å². The molecule has 3 aromatic carbocycles. The standard InChI is InChI=1S/C27H24N2O6/c1-16(2)17-3-5-18(6-4-17)27(26(31)28-19-7-9-21-23(11-19)34-14-32-21)13-25(30)29(27)20-8-10-22-24(12-20)35-15-33-22/h3-12,16H,13-15H2,1-2H3,(H,28,31). The van der Waals surface area contributed by atoms with Crippen LogP contribution in [0.2, 0.25) is 0 Å². The Bertz CT molecular complexity index is 1340. The second-order valence-electron chi connectivity index (χ2n) is 9.10. The molecular formula is C27H24N2O6. The van der Waals surface area contributed by atoms with E-state index >= 15 is 0 Å². The van der Waals surface area contributed by atoms with Gasteiger partial charge in [-0.25, -0.2) is 0 Å². The van der Waals surface area contributed by atoms with Gasteiger partial charge in [0.05, 0.1) is 6.42 Å². The van der Waals surface area contributed by atoms with Gasteiger partial charge in [-0.3, -0.25) is 14.5 Å². The highest BCUT2D eigenvalue weighted by Gasteiger charge is 2.58. The van der Waals surface area contributed by atoms with Crippen LogP contribution in [0.15, 0.2) is 60.7 Å². The van der Waals surface area contributed by atoms with E-state index in [9.17, 15) is 9.59 Å². The summed E-state index contributed by atoms with van der Waals surface area (Å²) in [5.74, 6) is 2.22. The van der Waals surface area contributed by atoms with Crippen LogP contribution in [0.25, 0.3) is 0 Å². The summed E-state index contributed by atoms with van der Waals surface area (Å²) >= 11 is 0. The molecular weight excluding hydrogens is 448 g/mol. The van der Waals surface area contributed by atoms with E-state index in [0.29, 0.717) is 40.3 Å². The van der Waals surface area contributed by atoms with Gasteiger partial charge in [0.2, 0.25) is 19.5 Å². The predicted molar refractivity (Wildman–Crippen MR) is 128 cm³/mol. The van der Waals surface area contributed by atoms with Crippen molar-refractivity contribution in [2.75, 3.05) is 23.8 Å². The van der Waals surface area contributed by atoms with Gasteiger partial charge in [-0.2, -0.15) is 0 Å². The Morgan fingerprint density at radius 1 is 0.857 bits per heavy atom. The number of carbonyl (C=O) groups is 2. The fourth-order valence-electron chi connectivity index (χ4n) is 4.78. The van der Waals surface area contributed by atoms with Gasteiger partial charge in [-0.15, -0.1) is 0 Å². The molecule has 1 atom stereocenters. The molecule has 0 spiro atoms. The number of nitrogens with zero attached hydrogens (tertiary/aromatic N) is 1. The molecule has 8 heteroatoms. The van der Waals surface area contributed by atoms with E-state index < -0.39 is 5.54 Å². The van der Waals surface area contributed by atoms with Crippen LogP contribution in [0, 0.1) is 0 Å². The summed E-state index contributed by atoms with van der Waals surface area (Å²) in [6.45, 7) is 4.50. The van der Waals surface area contributed by atoms with E-state index in [1.54, 1.807) is 41.3 Å². The Balaban J connectivity index is 1.41. The molecule has 1 unspecified atom stereocenters. The number of nitrogens with one attached hydrogen (secondary N) is 1. The van der Waals surface area contributed by atoms with Gasteiger partial charge in [0.15, 0.2) is 28.5 Å². The minimum Gasteiger partial charge on any atom is -0.454 e. The third-order valence-corrected chi connectivity index (χ3v) is 6.71. The smallest absolute Gasteiger partial charge is 0.255 e. The molecule has 3 aromatic rings. The van der Waals surface area contributed by atoms with Crippen molar-refractivity contribution < 1.29 is 28.5 Å². The van der Waals surface area contributed by atoms with Crippen molar-refractivity contribution in [1.29, 1.82) is 0 Å². The molecule has 0 bridgehead atoms. The van der Waals surface area contributed by atoms with Crippen LogP contribution in [-0.4, -0.2) is 25.4 Å². The second kappa shape index (κ2) is 7.94. The zero-order valence-electron chi connectivity index (χ0n) is 19.4. The largest absolute Gasteiger partial charge is 0.454 e. The topological polar surface area (TPSA) is 86.3 Å². The normalized spacial score (nSPS) is 19.6. The van der Waals surface area contributed by atoms with Crippen LogP contribution < -0.4 is 29.2 Å². The molecule has 2 amide bonds. The monoisotopic (exact) mass is 472 g/mol. The Kier molecular flexibility index (Phi) is 4.84. The fraction of sp³-hybridized carbons (Fsp3) is 0.259. The molecule has 3 aliphatic heterocycles. The summed E-state index contributed by atoms with van der Waals surface area (Å²) < 4.78 is 21.8. The molecule has 0 radical (unpaired) electrons. The number of ether oxygens (including phenoxy) is 4. The average Bonchev–Trinajstić information content (AvgIpc) is 3.51. The number of fused-ring (bicyclic) bond motifs is 2. The van der Waals surface area contributed by atoms with E-state index in [1.807, 2.05) is 24.3 Å². The number of rotatable bonds is 5. The fourth-order valence-corrected chi connectivity index (χ4v) is 4.78. The lowest BCUT2D eigenvalue weighted by atomic mass is 9.75. The Morgan fingerprint density at radius 2 is 1.49 bits per heavy atom. The number of hydrogen-bond donors (Lipinski definition) is 1. The van der Waals surface area contributed by atoms with Crippen molar-refractivity contribution in [1.82, 2.24) is 0 Å². The Hall–Kier alpha value is -4.20. The number of β-lactam (4-membered cyclic amide) rings is 1. The van der Waals surface area contributed by atoms with E-state index in [2.05, 4.69) is 19.2 Å². The molecule has 35 heavy (non-hydrogen) atoms. The van der Waals surface area contributed by atoms with Crippen molar-refractivity contribution in [2.24, 2.45) is 0 Å². The Labute approximate surface area is 202 Å². The van der Waals surface area contributed by atoms with Gasteiger partial charge in [0.1, 0.15) is 0 Å². The summed E-state index contributed by atoms with van der Waals surface area (Å²) in [5.41, 5.74) is 1.79. The van der Waals surface area contributed by atoms with Crippen LogP contribution in [-0.2, 0) is 15.1 Å². The summed E-state index contributed by atoms with van der Waals surface area (Å²) in [6.07, 6.45) is 0.0405. The van der Waals surface area contributed by atoms with Crippen LogP contribution in [0.5, 0.6) is 23.0 Å². The van der Waals surface area contributed by atoms with Crippen LogP contribution in [0.1, 0.15) is 37.3 Å². The molecule has 0 aliphatic carbocycles. The van der Waals surface area contributed by atoms with Crippen molar-refractivity contribution >= 4 is 23.2 Å². The van der Waals surface area contributed by atoms with Gasteiger partial charge in [0, 0.05) is 23.5 Å². The number of hydrogen-bond acceptors (Lipinski definition) is 6. The lowest BCUT2D eigenvalue weighted by Gasteiger charge is -2.50. The molecule has 1 N–H and O–H groups in total. The van der Waals surface area contributed by atoms with Crippen molar-refractivity contribution in [3.8, 4) is 23.0 Å². The minimum absolute atomic E-state index is 0.0405. The first kappa shape index (κ1) is 21.3. The molecule has 3 aliphatic rings. The highest BCUT2D eigenvalue weighted by atomic mass is 16.7. The number of carbonyl (C=O) groups excluding carboxylic acids is 2. The second-order valence-corrected chi connectivity index (χ2v) is 9.10. The zero-order chi connectivity index (χ0) is 24.2. The maximum Gasteiger partial charge on any atom is 0.255 e. The Morgan fingerprint density at radius 3 is 2.14 bits per heavy atom. The SMILES string of the molecule is CC(C)c1ccc(C2(C(=O)Nc3ccc4c(c3)OCO4)CC(=O)N2c2ccc3c(c2)OCO3)cc1. The summed E-state index contributed by atoms with van der Waals surface area (Å²) in [4.78, 5) is 28.6. The van der Waals surface area contributed by atoms with Crippen molar-refractivity contribution in [2.45, 2.75) is 31.7 Å². The van der Waals surface area contributed by atoms with Crippen molar-refractivity contribution in [3.05, 3.63) is 71.8 Å². The van der Waals surface area contributed by atoms with Crippen molar-refractivity contribution in [3.63, 3.8) is 0 Å². The highest BCUT2D eigenvalue weighted by Crippen LogP contribution is 2.48. The maximum absolute atomic E-state index is 14.0. The van der Waals surface area contributed by atoms with Gasteiger partial charge >= 0.3 is 0 Å². The molecule has 0 saturated carbocycles. The van der Waals surface area contributed by atoms with Crippen LogP contribution in [0.3, 0.4) is 0 Å². The first-order valence-electron chi connectivity index (χ1n) is 11.5.